The Bertz CT molecular complexity index is 775. The van der Waals surface area contributed by atoms with E-state index in [4.69, 9.17) is 0 Å². The van der Waals surface area contributed by atoms with Gasteiger partial charge in [0.15, 0.2) is 0 Å². The van der Waals surface area contributed by atoms with E-state index in [1.807, 2.05) is 0 Å². The molecule has 0 aliphatic carbocycles. The first kappa shape index (κ1) is 12.7. The van der Waals surface area contributed by atoms with Crippen LogP contribution < -0.4 is 0 Å². The summed E-state index contributed by atoms with van der Waals surface area (Å²) in [7, 11) is 0. The number of fused-ring (bicyclic) bond motifs is 3. The van der Waals surface area contributed by atoms with Crippen molar-refractivity contribution in [2.75, 3.05) is 0 Å². The average Bonchev–Trinajstić information content (AvgIpc) is 2.67. The number of H-pyrrole nitrogens is 1. The van der Waals surface area contributed by atoms with Crippen LogP contribution in [0, 0.1) is 6.92 Å². The Labute approximate surface area is 122 Å². The summed E-state index contributed by atoms with van der Waals surface area (Å²) in [5.74, 6) is 0. The maximum atomic E-state index is 3.71. The fourth-order valence-corrected chi connectivity index (χ4v) is 3.06. The number of aromatic amines is 1. The normalized spacial score (nSPS) is 12.5. The zero-order valence-corrected chi connectivity index (χ0v) is 13.4. The molecule has 2 aromatic carbocycles. The second-order valence-electron chi connectivity index (χ2n) is 6.30. The molecule has 98 valence electrons. The molecule has 3 rings (SSSR count). The molecule has 0 saturated carbocycles. The van der Waals surface area contributed by atoms with Gasteiger partial charge in [0, 0.05) is 20.8 Å². The SMILES string of the molecule is Cc1ccc2[nH]c3c(Br)cc(C(C)(C)C)cc3c2c1. The van der Waals surface area contributed by atoms with Gasteiger partial charge in [0.2, 0.25) is 0 Å². The Kier molecular flexibility index (Phi) is 2.75. The molecule has 0 spiro atoms. The third-order valence-electron chi connectivity index (χ3n) is 3.68. The highest BCUT2D eigenvalue weighted by atomic mass is 79.9. The molecule has 0 amide bonds. The lowest BCUT2D eigenvalue weighted by molar-refractivity contribution is 0.591. The summed E-state index contributed by atoms with van der Waals surface area (Å²) in [5, 5.41) is 2.61. The minimum absolute atomic E-state index is 0.157. The van der Waals surface area contributed by atoms with Crippen molar-refractivity contribution in [2.24, 2.45) is 0 Å². The standard InChI is InChI=1S/C17H18BrN/c1-10-5-6-15-12(7-10)13-8-11(17(2,3)4)9-14(18)16(13)19-15/h5-9,19H,1-4H3. The quantitative estimate of drug-likeness (QED) is 0.548. The fraction of sp³-hybridized carbons (Fsp3) is 0.294. The van der Waals surface area contributed by atoms with E-state index in [9.17, 15) is 0 Å². The molecular weight excluding hydrogens is 298 g/mol. The molecule has 0 aliphatic heterocycles. The number of benzene rings is 2. The zero-order valence-electron chi connectivity index (χ0n) is 11.8. The van der Waals surface area contributed by atoms with Gasteiger partial charge in [0.1, 0.15) is 0 Å². The van der Waals surface area contributed by atoms with Crippen molar-refractivity contribution < 1.29 is 0 Å². The number of nitrogens with one attached hydrogen (secondary N) is 1. The summed E-state index contributed by atoms with van der Waals surface area (Å²) in [6, 6.07) is 11.1. The molecule has 2 heteroatoms. The number of aromatic nitrogens is 1. The van der Waals surface area contributed by atoms with Gasteiger partial charge in [-0.25, -0.2) is 0 Å². The van der Waals surface area contributed by atoms with Crippen LogP contribution in [0.5, 0.6) is 0 Å². The minimum atomic E-state index is 0.157. The first-order chi connectivity index (χ1) is 8.86. The molecule has 0 bridgehead atoms. The zero-order chi connectivity index (χ0) is 13.8. The molecule has 1 N–H and O–H groups in total. The van der Waals surface area contributed by atoms with Crippen molar-refractivity contribution in [2.45, 2.75) is 33.1 Å². The van der Waals surface area contributed by atoms with Crippen LogP contribution in [0.4, 0.5) is 0 Å². The Morgan fingerprint density at radius 1 is 1.00 bits per heavy atom. The highest BCUT2D eigenvalue weighted by molar-refractivity contribution is 9.10. The molecule has 3 aromatic rings. The molecule has 0 aliphatic rings. The molecular formula is C17H18BrN. The lowest BCUT2D eigenvalue weighted by Crippen LogP contribution is -2.10. The topological polar surface area (TPSA) is 15.8 Å². The second kappa shape index (κ2) is 4.11. The molecule has 19 heavy (non-hydrogen) atoms. The molecule has 0 radical (unpaired) electrons. The van der Waals surface area contributed by atoms with Crippen molar-refractivity contribution in [1.82, 2.24) is 4.98 Å². The van der Waals surface area contributed by atoms with Crippen molar-refractivity contribution in [3.8, 4) is 0 Å². The van der Waals surface area contributed by atoms with Crippen LogP contribution in [-0.4, -0.2) is 4.98 Å². The number of hydrogen-bond acceptors (Lipinski definition) is 0. The van der Waals surface area contributed by atoms with Gasteiger partial charge in [-0.1, -0.05) is 32.4 Å². The highest BCUT2D eigenvalue weighted by Crippen LogP contribution is 2.35. The lowest BCUT2D eigenvalue weighted by atomic mass is 9.86. The maximum Gasteiger partial charge on any atom is 0.0609 e. The Hall–Kier alpha value is -1.28. The van der Waals surface area contributed by atoms with Crippen LogP contribution in [0.15, 0.2) is 34.8 Å². The molecule has 0 unspecified atom stereocenters. The highest BCUT2D eigenvalue weighted by Gasteiger charge is 2.17. The summed E-state index contributed by atoms with van der Waals surface area (Å²) in [6.45, 7) is 8.89. The van der Waals surface area contributed by atoms with E-state index in [1.54, 1.807) is 0 Å². The smallest absolute Gasteiger partial charge is 0.0609 e. The summed E-state index contributed by atoms with van der Waals surface area (Å²) < 4.78 is 1.14. The van der Waals surface area contributed by atoms with Crippen LogP contribution in [0.1, 0.15) is 31.9 Å². The Morgan fingerprint density at radius 2 is 1.74 bits per heavy atom. The van der Waals surface area contributed by atoms with Crippen molar-refractivity contribution >= 4 is 37.7 Å². The third kappa shape index (κ3) is 2.08. The predicted octanol–water partition coefficient (Wildman–Crippen LogP) is 5.69. The first-order valence-corrected chi connectivity index (χ1v) is 7.37. The lowest BCUT2D eigenvalue weighted by Gasteiger charge is -2.19. The summed E-state index contributed by atoms with van der Waals surface area (Å²) in [4.78, 5) is 3.51. The molecule has 0 saturated heterocycles. The number of halogens is 1. The van der Waals surface area contributed by atoms with Crippen molar-refractivity contribution in [3.05, 3.63) is 45.9 Å². The largest absolute Gasteiger partial charge is 0.354 e. The van der Waals surface area contributed by atoms with E-state index in [1.165, 1.54) is 32.9 Å². The van der Waals surface area contributed by atoms with Crippen LogP contribution in [0.2, 0.25) is 0 Å². The van der Waals surface area contributed by atoms with Gasteiger partial charge in [-0.05, 0) is 58.1 Å². The van der Waals surface area contributed by atoms with Crippen LogP contribution in [0.25, 0.3) is 21.8 Å². The fourth-order valence-electron chi connectivity index (χ4n) is 2.50. The van der Waals surface area contributed by atoms with Crippen molar-refractivity contribution in [1.29, 1.82) is 0 Å². The van der Waals surface area contributed by atoms with Crippen LogP contribution >= 0.6 is 15.9 Å². The van der Waals surface area contributed by atoms with Gasteiger partial charge in [-0.15, -0.1) is 0 Å². The monoisotopic (exact) mass is 315 g/mol. The second-order valence-corrected chi connectivity index (χ2v) is 7.16. The van der Waals surface area contributed by atoms with Crippen LogP contribution in [-0.2, 0) is 5.41 Å². The van der Waals surface area contributed by atoms with E-state index in [-0.39, 0.29) is 5.41 Å². The van der Waals surface area contributed by atoms with Gasteiger partial charge < -0.3 is 4.98 Å². The molecule has 1 nitrogen and oxygen atoms in total. The molecule has 0 atom stereocenters. The molecule has 0 fully saturated rings. The molecule has 1 aromatic heterocycles. The number of hydrogen-bond donors (Lipinski definition) is 1. The average molecular weight is 316 g/mol. The summed E-state index contributed by atoms with van der Waals surface area (Å²) >= 11 is 3.71. The number of aryl methyl sites for hydroxylation is 1. The first-order valence-electron chi connectivity index (χ1n) is 6.58. The van der Waals surface area contributed by atoms with Gasteiger partial charge in [0.25, 0.3) is 0 Å². The third-order valence-corrected chi connectivity index (χ3v) is 4.31. The van der Waals surface area contributed by atoms with E-state index < -0.39 is 0 Å². The number of rotatable bonds is 0. The summed E-state index contributed by atoms with van der Waals surface area (Å²) in [5.41, 5.74) is 5.20. The summed E-state index contributed by atoms with van der Waals surface area (Å²) in [6.07, 6.45) is 0. The Morgan fingerprint density at radius 3 is 2.42 bits per heavy atom. The Balaban J connectivity index is 2.44. The van der Waals surface area contributed by atoms with Gasteiger partial charge in [0.05, 0.1) is 5.52 Å². The maximum absolute atomic E-state index is 3.71. The van der Waals surface area contributed by atoms with Gasteiger partial charge >= 0.3 is 0 Å². The van der Waals surface area contributed by atoms with E-state index in [0.717, 1.165) is 4.47 Å². The van der Waals surface area contributed by atoms with Gasteiger partial charge in [-0.3, -0.25) is 0 Å². The van der Waals surface area contributed by atoms with E-state index in [0.29, 0.717) is 0 Å². The minimum Gasteiger partial charge on any atom is -0.354 e. The van der Waals surface area contributed by atoms with Crippen LogP contribution in [0.3, 0.4) is 0 Å². The van der Waals surface area contributed by atoms with Gasteiger partial charge in [-0.2, -0.15) is 0 Å². The molecule has 1 heterocycles. The predicted molar refractivity (Wildman–Crippen MR) is 86.9 cm³/mol. The van der Waals surface area contributed by atoms with Crippen molar-refractivity contribution in [3.63, 3.8) is 0 Å². The van der Waals surface area contributed by atoms with E-state index in [2.05, 4.69) is 78.9 Å². The van der Waals surface area contributed by atoms with E-state index >= 15 is 0 Å².